The Morgan fingerprint density at radius 2 is 2.22 bits per heavy atom. The predicted octanol–water partition coefficient (Wildman–Crippen LogP) is 2.53. The molecule has 6 nitrogen and oxygen atoms in total. The van der Waals surface area contributed by atoms with Crippen LogP contribution in [0.3, 0.4) is 0 Å². The summed E-state index contributed by atoms with van der Waals surface area (Å²) in [5, 5.41) is 13.3. The Kier molecular flexibility index (Phi) is 5.38. The molecule has 2 aromatic rings. The summed E-state index contributed by atoms with van der Waals surface area (Å²) in [6.45, 7) is 5.58. The van der Waals surface area contributed by atoms with E-state index in [1.165, 1.54) is 0 Å². The topological polar surface area (TPSA) is 82.7 Å². The highest BCUT2D eigenvalue weighted by atomic mass is 35.5. The number of halogens is 1. The van der Waals surface area contributed by atoms with Crippen LogP contribution in [0.1, 0.15) is 25.6 Å². The Bertz CT molecular complexity index is 679. The molecule has 3 rings (SSSR count). The van der Waals surface area contributed by atoms with Crippen molar-refractivity contribution in [3.05, 3.63) is 30.1 Å². The number of aryl methyl sites for hydroxylation is 1. The largest absolute Gasteiger partial charge is 0.326 e. The normalized spacial score (nSPS) is 20.6. The minimum atomic E-state index is -0.352. The van der Waals surface area contributed by atoms with Crippen LogP contribution in [0.2, 0.25) is 0 Å². The SMILES string of the molecule is Cc1nc(-c2cccc(NC(=O)C3(C)CCCNC3)c2)n[nH]1.Cl. The van der Waals surface area contributed by atoms with Gasteiger partial charge in [0.05, 0.1) is 5.41 Å². The standard InChI is InChI=1S/C16H21N5O.ClH/c1-11-18-14(21-20-11)12-5-3-6-13(9-12)19-15(22)16(2)7-4-8-17-10-16;/h3,5-6,9,17H,4,7-8,10H2,1-2H3,(H,19,22)(H,18,20,21);1H. The number of nitrogens with zero attached hydrogens (tertiary/aromatic N) is 2. The van der Waals surface area contributed by atoms with Crippen molar-refractivity contribution in [3.8, 4) is 11.4 Å². The van der Waals surface area contributed by atoms with E-state index in [1.54, 1.807) is 0 Å². The van der Waals surface area contributed by atoms with E-state index in [-0.39, 0.29) is 23.7 Å². The summed E-state index contributed by atoms with van der Waals surface area (Å²) in [7, 11) is 0. The second kappa shape index (κ2) is 7.10. The molecule has 1 aliphatic rings. The Morgan fingerprint density at radius 3 is 2.87 bits per heavy atom. The average molecular weight is 336 g/mol. The molecule has 1 fully saturated rings. The first-order chi connectivity index (χ1) is 10.6. The van der Waals surface area contributed by atoms with Crippen molar-refractivity contribution < 1.29 is 4.79 Å². The third-order valence-corrected chi connectivity index (χ3v) is 4.12. The molecule has 7 heteroatoms. The van der Waals surface area contributed by atoms with Gasteiger partial charge in [-0.2, -0.15) is 5.10 Å². The fourth-order valence-electron chi connectivity index (χ4n) is 2.74. The molecular weight excluding hydrogens is 314 g/mol. The molecule has 1 amide bonds. The van der Waals surface area contributed by atoms with Crippen LogP contribution in [-0.2, 0) is 4.79 Å². The number of rotatable bonds is 3. The number of nitrogens with one attached hydrogen (secondary N) is 3. The molecule has 0 aliphatic carbocycles. The first-order valence-electron chi connectivity index (χ1n) is 7.58. The number of aromatic nitrogens is 3. The lowest BCUT2D eigenvalue weighted by Crippen LogP contribution is -2.46. The van der Waals surface area contributed by atoms with Crippen molar-refractivity contribution in [1.29, 1.82) is 0 Å². The van der Waals surface area contributed by atoms with Crippen LogP contribution in [0, 0.1) is 12.3 Å². The lowest BCUT2D eigenvalue weighted by Gasteiger charge is -2.32. The van der Waals surface area contributed by atoms with Gasteiger partial charge in [0.2, 0.25) is 5.91 Å². The number of hydrogen-bond acceptors (Lipinski definition) is 4. The summed E-state index contributed by atoms with van der Waals surface area (Å²) in [5.41, 5.74) is 1.31. The summed E-state index contributed by atoms with van der Waals surface area (Å²) < 4.78 is 0. The molecule has 1 atom stereocenters. The van der Waals surface area contributed by atoms with Crippen molar-refractivity contribution in [2.24, 2.45) is 5.41 Å². The van der Waals surface area contributed by atoms with Crippen LogP contribution < -0.4 is 10.6 Å². The fourth-order valence-corrected chi connectivity index (χ4v) is 2.74. The molecule has 3 N–H and O–H groups in total. The number of amides is 1. The minimum absolute atomic E-state index is 0. The zero-order valence-corrected chi connectivity index (χ0v) is 14.2. The van der Waals surface area contributed by atoms with E-state index in [0.717, 1.165) is 43.0 Å². The Hall–Kier alpha value is -1.92. The van der Waals surface area contributed by atoms with Gasteiger partial charge in [-0.25, -0.2) is 4.98 Å². The van der Waals surface area contributed by atoms with Crippen LogP contribution in [0.5, 0.6) is 0 Å². The van der Waals surface area contributed by atoms with E-state index in [4.69, 9.17) is 0 Å². The third-order valence-electron chi connectivity index (χ3n) is 4.12. The molecule has 0 spiro atoms. The quantitative estimate of drug-likeness (QED) is 0.805. The Morgan fingerprint density at radius 1 is 1.39 bits per heavy atom. The Balaban J connectivity index is 0.00000192. The fraction of sp³-hybridized carbons (Fsp3) is 0.438. The molecule has 0 saturated carbocycles. The van der Waals surface area contributed by atoms with Gasteiger partial charge in [0.25, 0.3) is 0 Å². The van der Waals surface area contributed by atoms with Crippen LogP contribution >= 0.6 is 12.4 Å². The highest BCUT2D eigenvalue weighted by molar-refractivity contribution is 5.95. The van der Waals surface area contributed by atoms with Crippen molar-refractivity contribution in [2.75, 3.05) is 18.4 Å². The number of H-pyrrole nitrogens is 1. The molecule has 0 radical (unpaired) electrons. The predicted molar refractivity (Wildman–Crippen MR) is 92.6 cm³/mol. The van der Waals surface area contributed by atoms with Crippen molar-refractivity contribution in [3.63, 3.8) is 0 Å². The first kappa shape index (κ1) is 17.4. The number of anilines is 1. The van der Waals surface area contributed by atoms with Gasteiger partial charge in [0.15, 0.2) is 5.82 Å². The van der Waals surface area contributed by atoms with Gasteiger partial charge in [0.1, 0.15) is 5.82 Å². The smallest absolute Gasteiger partial charge is 0.231 e. The molecule has 2 heterocycles. The first-order valence-corrected chi connectivity index (χ1v) is 7.58. The van der Waals surface area contributed by atoms with E-state index in [1.807, 2.05) is 38.1 Å². The highest BCUT2D eigenvalue weighted by Gasteiger charge is 2.34. The highest BCUT2D eigenvalue weighted by Crippen LogP contribution is 2.28. The van der Waals surface area contributed by atoms with Gasteiger partial charge in [-0.3, -0.25) is 9.89 Å². The molecular formula is C16H22ClN5O. The summed E-state index contributed by atoms with van der Waals surface area (Å²) in [5.74, 6) is 1.47. The van der Waals surface area contributed by atoms with Gasteiger partial charge >= 0.3 is 0 Å². The number of carbonyl (C=O) groups excluding carboxylic acids is 1. The minimum Gasteiger partial charge on any atom is -0.326 e. The van der Waals surface area contributed by atoms with Gasteiger partial charge in [0, 0.05) is 17.8 Å². The monoisotopic (exact) mass is 335 g/mol. The van der Waals surface area contributed by atoms with Crippen molar-refractivity contribution >= 4 is 24.0 Å². The second-order valence-corrected chi connectivity index (χ2v) is 6.12. The van der Waals surface area contributed by atoms with Gasteiger partial charge in [-0.1, -0.05) is 12.1 Å². The molecule has 1 aromatic carbocycles. The zero-order valence-electron chi connectivity index (χ0n) is 13.3. The van der Waals surface area contributed by atoms with Crippen LogP contribution in [0.4, 0.5) is 5.69 Å². The van der Waals surface area contributed by atoms with Crippen molar-refractivity contribution in [2.45, 2.75) is 26.7 Å². The number of piperidine rings is 1. The molecule has 1 unspecified atom stereocenters. The van der Waals surface area contributed by atoms with E-state index in [2.05, 4.69) is 25.8 Å². The maximum atomic E-state index is 12.6. The van der Waals surface area contributed by atoms with Gasteiger partial charge in [-0.15, -0.1) is 12.4 Å². The van der Waals surface area contributed by atoms with Crippen LogP contribution in [-0.4, -0.2) is 34.2 Å². The molecule has 1 saturated heterocycles. The maximum Gasteiger partial charge on any atom is 0.231 e. The van der Waals surface area contributed by atoms with Crippen LogP contribution in [0.25, 0.3) is 11.4 Å². The maximum absolute atomic E-state index is 12.6. The van der Waals surface area contributed by atoms with Crippen LogP contribution in [0.15, 0.2) is 24.3 Å². The third kappa shape index (κ3) is 3.89. The lowest BCUT2D eigenvalue weighted by molar-refractivity contribution is -0.125. The van der Waals surface area contributed by atoms with E-state index in [0.29, 0.717) is 5.82 Å². The zero-order chi connectivity index (χ0) is 15.6. The lowest BCUT2D eigenvalue weighted by atomic mass is 9.82. The second-order valence-electron chi connectivity index (χ2n) is 6.12. The molecule has 1 aromatic heterocycles. The van der Waals surface area contributed by atoms with E-state index >= 15 is 0 Å². The number of benzene rings is 1. The van der Waals surface area contributed by atoms with E-state index in [9.17, 15) is 4.79 Å². The molecule has 124 valence electrons. The molecule has 1 aliphatic heterocycles. The number of carbonyl (C=O) groups is 1. The summed E-state index contributed by atoms with van der Waals surface area (Å²) in [6, 6.07) is 7.63. The van der Waals surface area contributed by atoms with Gasteiger partial charge in [-0.05, 0) is 45.4 Å². The number of hydrogen-bond donors (Lipinski definition) is 3. The summed E-state index contributed by atoms with van der Waals surface area (Å²) in [4.78, 5) is 16.9. The molecule has 23 heavy (non-hydrogen) atoms. The Labute approximate surface area is 141 Å². The summed E-state index contributed by atoms with van der Waals surface area (Å²) >= 11 is 0. The average Bonchev–Trinajstić information content (AvgIpc) is 2.95. The van der Waals surface area contributed by atoms with Gasteiger partial charge < -0.3 is 10.6 Å². The van der Waals surface area contributed by atoms with Crippen molar-refractivity contribution in [1.82, 2.24) is 20.5 Å². The molecule has 0 bridgehead atoms. The number of aromatic amines is 1. The van der Waals surface area contributed by atoms with E-state index < -0.39 is 0 Å². The summed E-state index contributed by atoms with van der Waals surface area (Å²) in [6.07, 6.45) is 1.94.